The van der Waals surface area contributed by atoms with Crippen molar-refractivity contribution in [2.24, 2.45) is 0 Å². The number of nitrogen functional groups attached to an aromatic ring is 1. The molecule has 0 unspecified atom stereocenters. The number of hydrogen-bond acceptors (Lipinski definition) is 10. The third-order valence-electron chi connectivity index (χ3n) is 9.84. The SMILES string of the molecule is CCCCCCCCCCOP(=O)(OCCCCCCCCCC)OC[C@H]1O[C@@H](n2ccc(N)nc2=O)C(F)(F)[C@@H]1OC(=O)CCCCCCCCCC. The number of nitrogens with zero attached hydrogens (tertiary/aromatic N) is 2. The summed E-state index contributed by atoms with van der Waals surface area (Å²) in [4.78, 5) is 29.1. The summed E-state index contributed by atoms with van der Waals surface area (Å²) < 4.78 is 74.8. The lowest BCUT2D eigenvalue weighted by molar-refractivity contribution is -0.176. The molecule has 1 aromatic rings. The third kappa shape index (κ3) is 19.3. The van der Waals surface area contributed by atoms with Crippen molar-refractivity contribution < 1.29 is 41.2 Å². The van der Waals surface area contributed by atoms with E-state index in [4.69, 9.17) is 28.8 Å². The van der Waals surface area contributed by atoms with E-state index in [2.05, 4.69) is 25.8 Å². The highest BCUT2D eigenvalue weighted by Crippen LogP contribution is 2.52. The number of alkyl halides is 2. The van der Waals surface area contributed by atoms with Crippen LogP contribution in [0.1, 0.15) is 188 Å². The molecule has 2 heterocycles. The Bertz CT molecular complexity index is 1210. The van der Waals surface area contributed by atoms with Gasteiger partial charge in [0.15, 0.2) is 6.10 Å². The number of esters is 1. The number of carbonyl (C=O) groups is 1. The van der Waals surface area contributed by atoms with Gasteiger partial charge in [-0.3, -0.25) is 22.9 Å². The fourth-order valence-electron chi connectivity index (χ4n) is 6.56. The molecule has 1 aliphatic heterocycles. The van der Waals surface area contributed by atoms with Gasteiger partial charge in [0, 0.05) is 12.6 Å². The summed E-state index contributed by atoms with van der Waals surface area (Å²) in [5, 5.41) is 0. The Kier molecular flexibility index (Phi) is 25.4. The van der Waals surface area contributed by atoms with Gasteiger partial charge in [0.2, 0.25) is 6.23 Å². The maximum atomic E-state index is 16.1. The van der Waals surface area contributed by atoms with Gasteiger partial charge >= 0.3 is 25.4 Å². The molecule has 1 aromatic heterocycles. The molecular formula is C40H72F2N3O8P. The molecule has 0 aliphatic carbocycles. The smallest absolute Gasteiger partial charge is 0.453 e. The molecule has 0 radical (unpaired) electrons. The zero-order chi connectivity index (χ0) is 39.5. The first-order valence-corrected chi connectivity index (χ1v) is 22.6. The Morgan fingerprint density at radius 3 is 1.67 bits per heavy atom. The van der Waals surface area contributed by atoms with E-state index in [9.17, 15) is 14.2 Å². The summed E-state index contributed by atoms with van der Waals surface area (Å²) in [5.41, 5.74) is 4.53. The van der Waals surface area contributed by atoms with E-state index in [0.717, 1.165) is 76.8 Å². The van der Waals surface area contributed by atoms with Gasteiger partial charge < -0.3 is 15.2 Å². The predicted octanol–water partition coefficient (Wildman–Crippen LogP) is 11.2. The van der Waals surface area contributed by atoms with Crippen molar-refractivity contribution in [2.75, 3.05) is 25.6 Å². The van der Waals surface area contributed by atoms with Crippen LogP contribution in [0, 0.1) is 0 Å². The minimum absolute atomic E-state index is 0.0505. The third-order valence-corrected chi connectivity index (χ3v) is 11.3. The molecule has 0 saturated carbocycles. The number of aromatic nitrogens is 2. The van der Waals surface area contributed by atoms with E-state index < -0.39 is 50.4 Å². The maximum absolute atomic E-state index is 16.1. The average molecular weight is 792 g/mol. The summed E-state index contributed by atoms with van der Waals surface area (Å²) in [5.74, 6) is -4.83. The Hall–Kier alpha value is -1.92. The van der Waals surface area contributed by atoms with Gasteiger partial charge in [-0.15, -0.1) is 0 Å². The highest BCUT2D eigenvalue weighted by Gasteiger charge is 2.63. The van der Waals surface area contributed by atoms with Crippen LogP contribution in [-0.2, 0) is 32.4 Å². The number of ether oxygens (including phenoxy) is 2. The van der Waals surface area contributed by atoms with E-state index in [1.165, 1.54) is 70.3 Å². The fraction of sp³-hybridized carbons (Fsp3) is 0.875. The van der Waals surface area contributed by atoms with Crippen molar-refractivity contribution in [1.82, 2.24) is 9.55 Å². The Labute approximate surface area is 323 Å². The first-order valence-electron chi connectivity index (χ1n) is 21.2. The van der Waals surface area contributed by atoms with Crippen LogP contribution in [0.4, 0.5) is 14.6 Å². The molecule has 314 valence electrons. The molecule has 2 N–H and O–H groups in total. The minimum Gasteiger partial charge on any atom is -0.453 e. The number of halogens is 2. The molecule has 0 spiro atoms. The molecule has 11 nitrogen and oxygen atoms in total. The summed E-state index contributed by atoms with van der Waals surface area (Å²) in [6, 6.07) is 1.19. The molecule has 1 aliphatic rings. The second-order valence-electron chi connectivity index (χ2n) is 14.7. The molecule has 0 bridgehead atoms. The van der Waals surface area contributed by atoms with Crippen molar-refractivity contribution in [3.63, 3.8) is 0 Å². The van der Waals surface area contributed by atoms with Crippen molar-refractivity contribution in [1.29, 1.82) is 0 Å². The maximum Gasteiger partial charge on any atom is 0.474 e. The summed E-state index contributed by atoms with van der Waals surface area (Å²) in [6.07, 6.45) is 19.9. The van der Waals surface area contributed by atoms with Crippen LogP contribution in [0.15, 0.2) is 17.1 Å². The Morgan fingerprint density at radius 1 is 0.759 bits per heavy atom. The van der Waals surface area contributed by atoms with Crippen LogP contribution in [0.25, 0.3) is 0 Å². The van der Waals surface area contributed by atoms with Crippen molar-refractivity contribution in [3.8, 4) is 0 Å². The number of rotatable bonds is 34. The molecule has 54 heavy (non-hydrogen) atoms. The first-order chi connectivity index (χ1) is 26.1. The van der Waals surface area contributed by atoms with E-state index in [-0.39, 0.29) is 25.5 Å². The van der Waals surface area contributed by atoms with Gasteiger partial charge in [0.1, 0.15) is 11.9 Å². The van der Waals surface area contributed by atoms with Gasteiger partial charge in [0.05, 0.1) is 19.8 Å². The number of nitrogens with two attached hydrogens (primary N) is 1. The largest absolute Gasteiger partial charge is 0.474 e. The number of phosphoric ester groups is 1. The van der Waals surface area contributed by atoms with Crippen LogP contribution in [-0.4, -0.2) is 53.5 Å². The van der Waals surface area contributed by atoms with Crippen LogP contribution in [0.5, 0.6) is 0 Å². The van der Waals surface area contributed by atoms with E-state index in [1.807, 2.05) is 0 Å². The number of anilines is 1. The van der Waals surface area contributed by atoms with Crippen LogP contribution in [0.3, 0.4) is 0 Å². The highest BCUT2D eigenvalue weighted by atomic mass is 31.2. The van der Waals surface area contributed by atoms with Gasteiger partial charge in [0.25, 0.3) is 0 Å². The van der Waals surface area contributed by atoms with Crippen molar-refractivity contribution in [3.05, 3.63) is 22.7 Å². The number of hydrogen-bond donors (Lipinski definition) is 1. The summed E-state index contributed by atoms with van der Waals surface area (Å²) in [6.45, 7) is 6.05. The molecule has 1 fully saturated rings. The van der Waals surface area contributed by atoms with E-state index in [1.54, 1.807) is 0 Å². The van der Waals surface area contributed by atoms with Gasteiger partial charge in [-0.1, -0.05) is 156 Å². The predicted molar refractivity (Wildman–Crippen MR) is 210 cm³/mol. The van der Waals surface area contributed by atoms with Crippen LogP contribution >= 0.6 is 7.82 Å². The second kappa shape index (κ2) is 28.5. The molecule has 2 rings (SSSR count). The van der Waals surface area contributed by atoms with E-state index in [0.29, 0.717) is 23.8 Å². The van der Waals surface area contributed by atoms with Crippen LogP contribution in [0.2, 0.25) is 0 Å². The van der Waals surface area contributed by atoms with Crippen molar-refractivity contribution in [2.45, 2.75) is 206 Å². The molecule has 0 amide bonds. The topological polar surface area (TPSA) is 141 Å². The normalized spacial score (nSPS) is 18.4. The molecule has 3 atom stereocenters. The molecular weight excluding hydrogens is 719 g/mol. The lowest BCUT2D eigenvalue weighted by Gasteiger charge is -2.25. The number of unbranched alkanes of at least 4 members (excludes halogenated alkanes) is 21. The highest BCUT2D eigenvalue weighted by molar-refractivity contribution is 7.48. The standard InChI is InChI=1S/C40H72F2N3O8P/c1-4-7-10-13-16-19-22-25-28-36(46)53-37-34(52-38(40(37,41)42)45-30-29-35(43)44-39(45)47)33-51-54(48,49-31-26-23-20-17-14-11-8-5-2)50-32-27-24-21-18-15-12-9-6-3/h29-30,34,37-38H,4-28,31-33H2,1-3H3,(H2,43,44,47)/t34-,37-,38-/m1/s1. The number of carbonyl (C=O) groups excluding carboxylic acids is 1. The van der Waals surface area contributed by atoms with Gasteiger partial charge in [-0.2, -0.15) is 13.8 Å². The summed E-state index contributed by atoms with van der Waals surface area (Å²) >= 11 is 0. The lowest BCUT2D eigenvalue weighted by Crippen LogP contribution is -2.44. The quantitative estimate of drug-likeness (QED) is 0.0407. The molecule has 14 heteroatoms. The average Bonchev–Trinajstić information content (AvgIpc) is 3.38. The second-order valence-corrected chi connectivity index (χ2v) is 16.4. The number of phosphoric acid groups is 1. The monoisotopic (exact) mass is 792 g/mol. The molecule has 1 saturated heterocycles. The Balaban J connectivity index is 2.09. The summed E-state index contributed by atoms with van der Waals surface area (Å²) in [7, 11) is -4.22. The minimum atomic E-state index is -4.22. The zero-order valence-electron chi connectivity index (χ0n) is 33.6. The van der Waals surface area contributed by atoms with Gasteiger partial charge in [-0.05, 0) is 25.3 Å². The fourth-order valence-corrected chi connectivity index (χ4v) is 7.82. The van der Waals surface area contributed by atoms with Crippen LogP contribution < -0.4 is 11.4 Å². The van der Waals surface area contributed by atoms with Gasteiger partial charge in [-0.25, -0.2) is 9.36 Å². The van der Waals surface area contributed by atoms with Crippen molar-refractivity contribution >= 4 is 19.6 Å². The zero-order valence-corrected chi connectivity index (χ0v) is 34.5. The lowest BCUT2D eigenvalue weighted by atomic mass is 10.1. The first kappa shape index (κ1) is 48.2. The Morgan fingerprint density at radius 2 is 1.20 bits per heavy atom. The van der Waals surface area contributed by atoms with E-state index >= 15 is 8.78 Å². The molecule has 0 aromatic carbocycles.